The number of nitrogens with one attached hydrogen (secondary N) is 1. The quantitative estimate of drug-likeness (QED) is 0.672. The molecule has 0 bridgehead atoms. The highest BCUT2D eigenvalue weighted by molar-refractivity contribution is 5.80. The van der Waals surface area contributed by atoms with E-state index in [-0.39, 0.29) is 23.8 Å². The maximum absolute atomic E-state index is 12.3. The lowest BCUT2D eigenvalue weighted by atomic mass is 9.93. The molecule has 4 atom stereocenters. The lowest BCUT2D eigenvalue weighted by Crippen LogP contribution is -2.48. The summed E-state index contributed by atoms with van der Waals surface area (Å²) in [4.78, 5) is 14.2. The van der Waals surface area contributed by atoms with Crippen molar-refractivity contribution >= 4 is 5.91 Å². The molecule has 2 fully saturated rings. The smallest absolute Gasteiger partial charge is 0.227 e. The Morgan fingerprint density at radius 1 is 1.38 bits per heavy atom. The Kier molecular flexibility index (Phi) is 3.50. The van der Waals surface area contributed by atoms with Crippen LogP contribution in [-0.2, 0) is 4.79 Å². The summed E-state index contributed by atoms with van der Waals surface area (Å²) in [7, 11) is 0. The van der Waals surface area contributed by atoms with Crippen LogP contribution in [0.4, 0.5) is 0 Å². The summed E-state index contributed by atoms with van der Waals surface area (Å²) in [6, 6.07) is 0.301. The minimum Gasteiger partial charge on any atom is -0.393 e. The molecular weight excluding hydrogens is 204 g/mol. The van der Waals surface area contributed by atoms with Crippen molar-refractivity contribution in [1.82, 2.24) is 10.2 Å². The predicted molar refractivity (Wildman–Crippen MR) is 61.9 cm³/mol. The number of carbonyl (C=O) groups is 1. The van der Waals surface area contributed by atoms with Crippen molar-refractivity contribution in [2.24, 2.45) is 11.8 Å². The number of rotatable bonds is 1. The van der Waals surface area contributed by atoms with Crippen LogP contribution in [0.5, 0.6) is 0 Å². The molecule has 1 amide bonds. The number of hydrogen-bond acceptors (Lipinski definition) is 3. The van der Waals surface area contributed by atoms with E-state index in [1.807, 2.05) is 11.8 Å². The normalized spacial score (nSPS) is 40.1. The number of hydrogen-bond donors (Lipinski definition) is 2. The molecule has 2 saturated heterocycles. The number of carbonyl (C=O) groups excluding carboxylic acids is 1. The van der Waals surface area contributed by atoms with Crippen LogP contribution in [0.2, 0.25) is 0 Å². The van der Waals surface area contributed by atoms with E-state index in [1.165, 1.54) is 0 Å². The molecule has 0 spiro atoms. The van der Waals surface area contributed by atoms with Gasteiger partial charge in [-0.2, -0.15) is 0 Å². The summed E-state index contributed by atoms with van der Waals surface area (Å²) >= 11 is 0. The minimum atomic E-state index is -0.233. The Labute approximate surface area is 97.0 Å². The second kappa shape index (κ2) is 4.72. The van der Waals surface area contributed by atoms with Gasteiger partial charge in [0, 0.05) is 19.1 Å². The van der Waals surface area contributed by atoms with Crippen molar-refractivity contribution in [2.45, 2.75) is 38.8 Å². The fourth-order valence-corrected chi connectivity index (χ4v) is 2.76. The van der Waals surface area contributed by atoms with Gasteiger partial charge in [-0.3, -0.25) is 4.79 Å². The van der Waals surface area contributed by atoms with Gasteiger partial charge in [-0.15, -0.1) is 0 Å². The van der Waals surface area contributed by atoms with Crippen molar-refractivity contribution < 1.29 is 9.90 Å². The van der Waals surface area contributed by atoms with Crippen LogP contribution in [0.15, 0.2) is 0 Å². The Morgan fingerprint density at radius 2 is 2.12 bits per heavy atom. The molecule has 4 nitrogen and oxygen atoms in total. The van der Waals surface area contributed by atoms with Gasteiger partial charge in [0.2, 0.25) is 5.91 Å². The first-order valence-electron chi connectivity index (χ1n) is 6.30. The van der Waals surface area contributed by atoms with Gasteiger partial charge in [0.1, 0.15) is 0 Å². The average Bonchev–Trinajstić information content (AvgIpc) is 2.67. The average molecular weight is 226 g/mol. The number of aliphatic hydroxyl groups is 1. The zero-order valence-electron chi connectivity index (χ0n) is 10.1. The standard InChI is InChI=1S/C12H22N2O2/c1-8-7-14(6-4-11(8)15)12(16)10-3-5-13-9(10)2/h8-11,13,15H,3-7H2,1-2H3. The second-order valence-electron chi connectivity index (χ2n) is 5.26. The molecule has 2 N–H and O–H groups in total. The van der Waals surface area contributed by atoms with Crippen LogP contribution in [0, 0.1) is 11.8 Å². The van der Waals surface area contributed by atoms with E-state index >= 15 is 0 Å². The Hall–Kier alpha value is -0.610. The van der Waals surface area contributed by atoms with Crippen LogP contribution in [0.25, 0.3) is 0 Å². The SMILES string of the molecule is CC1CN(C(=O)C2CCNC2C)CCC1O. The van der Waals surface area contributed by atoms with Crippen molar-refractivity contribution in [3.8, 4) is 0 Å². The van der Waals surface area contributed by atoms with Gasteiger partial charge < -0.3 is 15.3 Å². The molecule has 0 radical (unpaired) electrons. The zero-order valence-corrected chi connectivity index (χ0v) is 10.1. The third-order valence-electron chi connectivity index (χ3n) is 4.01. The summed E-state index contributed by atoms with van der Waals surface area (Å²) in [5, 5.41) is 13.0. The molecule has 0 aromatic rings. The molecule has 0 aromatic carbocycles. The first-order chi connectivity index (χ1) is 7.59. The van der Waals surface area contributed by atoms with Gasteiger partial charge in [0.05, 0.1) is 12.0 Å². The van der Waals surface area contributed by atoms with Gasteiger partial charge in [-0.05, 0) is 32.2 Å². The molecule has 2 heterocycles. The molecule has 2 aliphatic rings. The monoisotopic (exact) mass is 226 g/mol. The molecule has 2 aliphatic heterocycles. The zero-order chi connectivity index (χ0) is 11.7. The number of nitrogens with zero attached hydrogens (tertiary/aromatic N) is 1. The van der Waals surface area contributed by atoms with E-state index in [4.69, 9.17) is 0 Å². The maximum atomic E-state index is 12.3. The predicted octanol–water partition coefficient (Wildman–Crippen LogP) is 0.214. The second-order valence-corrected chi connectivity index (χ2v) is 5.26. The van der Waals surface area contributed by atoms with Crippen molar-refractivity contribution in [2.75, 3.05) is 19.6 Å². The third-order valence-corrected chi connectivity index (χ3v) is 4.01. The summed E-state index contributed by atoms with van der Waals surface area (Å²) in [5.41, 5.74) is 0. The lowest BCUT2D eigenvalue weighted by molar-refractivity contribution is -0.139. The number of piperidine rings is 1. The number of likely N-dealkylation sites (tertiary alicyclic amines) is 1. The summed E-state index contributed by atoms with van der Waals surface area (Å²) in [6.07, 6.45) is 1.44. The highest BCUT2D eigenvalue weighted by atomic mass is 16.3. The van der Waals surface area contributed by atoms with Crippen LogP contribution in [0.1, 0.15) is 26.7 Å². The van der Waals surface area contributed by atoms with E-state index in [2.05, 4.69) is 12.2 Å². The summed E-state index contributed by atoms with van der Waals surface area (Å²) in [6.45, 7) is 6.47. The molecule has 4 unspecified atom stereocenters. The maximum Gasteiger partial charge on any atom is 0.227 e. The highest BCUT2D eigenvalue weighted by Crippen LogP contribution is 2.23. The molecule has 16 heavy (non-hydrogen) atoms. The molecule has 4 heteroatoms. The Bertz CT molecular complexity index is 270. The van der Waals surface area contributed by atoms with E-state index in [1.54, 1.807) is 0 Å². The summed E-state index contributed by atoms with van der Waals surface area (Å²) < 4.78 is 0. The number of aliphatic hydroxyl groups excluding tert-OH is 1. The Balaban J connectivity index is 1.95. The highest BCUT2D eigenvalue weighted by Gasteiger charge is 2.35. The van der Waals surface area contributed by atoms with Crippen molar-refractivity contribution in [3.63, 3.8) is 0 Å². The van der Waals surface area contributed by atoms with Gasteiger partial charge in [0.25, 0.3) is 0 Å². The lowest BCUT2D eigenvalue weighted by Gasteiger charge is -2.36. The van der Waals surface area contributed by atoms with E-state index in [0.29, 0.717) is 19.1 Å². The minimum absolute atomic E-state index is 0.141. The molecule has 0 saturated carbocycles. The molecule has 2 rings (SSSR count). The Morgan fingerprint density at radius 3 is 2.69 bits per heavy atom. The largest absolute Gasteiger partial charge is 0.393 e. The van der Waals surface area contributed by atoms with Crippen LogP contribution in [-0.4, -0.2) is 47.7 Å². The molecule has 0 aromatic heterocycles. The van der Waals surface area contributed by atoms with Crippen molar-refractivity contribution in [1.29, 1.82) is 0 Å². The fraction of sp³-hybridized carbons (Fsp3) is 0.917. The molecule has 0 aliphatic carbocycles. The fourth-order valence-electron chi connectivity index (χ4n) is 2.76. The van der Waals surface area contributed by atoms with Crippen molar-refractivity contribution in [3.05, 3.63) is 0 Å². The van der Waals surface area contributed by atoms with E-state index in [0.717, 1.165) is 19.4 Å². The van der Waals surface area contributed by atoms with E-state index < -0.39 is 0 Å². The number of amides is 1. The van der Waals surface area contributed by atoms with Gasteiger partial charge in [-0.1, -0.05) is 6.92 Å². The summed E-state index contributed by atoms with van der Waals surface area (Å²) in [5.74, 6) is 0.626. The topological polar surface area (TPSA) is 52.6 Å². The van der Waals surface area contributed by atoms with Crippen LogP contribution in [0.3, 0.4) is 0 Å². The van der Waals surface area contributed by atoms with E-state index in [9.17, 15) is 9.90 Å². The van der Waals surface area contributed by atoms with Gasteiger partial charge in [-0.25, -0.2) is 0 Å². The molecular formula is C12H22N2O2. The van der Waals surface area contributed by atoms with Gasteiger partial charge in [0.15, 0.2) is 0 Å². The molecule has 92 valence electrons. The van der Waals surface area contributed by atoms with Crippen LogP contribution < -0.4 is 5.32 Å². The first-order valence-corrected chi connectivity index (χ1v) is 6.30. The van der Waals surface area contributed by atoms with Crippen LogP contribution >= 0.6 is 0 Å². The third kappa shape index (κ3) is 2.23. The van der Waals surface area contributed by atoms with Gasteiger partial charge >= 0.3 is 0 Å². The first kappa shape index (κ1) is 11.9.